The molecule has 0 aliphatic carbocycles. The zero-order valence-corrected chi connectivity index (χ0v) is 16.8. The van der Waals surface area contributed by atoms with Crippen LogP contribution < -0.4 is 5.43 Å². The predicted octanol–water partition coefficient (Wildman–Crippen LogP) is 6.72. The third kappa shape index (κ3) is 4.39. The molecule has 152 valence electrons. The maximum Gasteiger partial charge on any atom is 0.416 e. The van der Waals surface area contributed by atoms with Gasteiger partial charge in [-0.2, -0.15) is 23.4 Å². The Hall–Kier alpha value is -3.10. The molecule has 2 aromatic heterocycles. The Morgan fingerprint density at radius 1 is 1.07 bits per heavy atom. The zero-order valence-electron chi connectivity index (χ0n) is 15.3. The van der Waals surface area contributed by atoms with E-state index in [1.807, 2.05) is 54.0 Å². The van der Waals surface area contributed by atoms with Gasteiger partial charge < -0.3 is 0 Å². The third-order valence-corrected chi connectivity index (χ3v) is 5.41. The number of hydrazone groups is 1. The molecule has 0 spiro atoms. The molecule has 0 bridgehead atoms. The summed E-state index contributed by atoms with van der Waals surface area (Å²) >= 11 is 7.54. The Kier molecular flexibility index (Phi) is 5.61. The number of nitrogens with zero attached hydrogens (tertiary/aromatic N) is 3. The molecule has 0 unspecified atom stereocenters. The van der Waals surface area contributed by atoms with Crippen molar-refractivity contribution in [3.63, 3.8) is 0 Å². The number of rotatable bonds is 5. The highest BCUT2D eigenvalue weighted by atomic mass is 35.5. The van der Waals surface area contributed by atoms with Crippen molar-refractivity contribution in [3.05, 3.63) is 88.4 Å². The van der Waals surface area contributed by atoms with Gasteiger partial charge in [-0.05, 0) is 41.8 Å². The number of anilines is 1. The van der Waals surface area contributed by atoms with E-state index in [9.17, 15) is 13.2 Å². The lowest BCUT2D eigenvalue weighted by Crippen LogP contribution is -2.05. The molecular formula is C21H14ClF3N4S. The van der Waals surface area contributed by atoms with Gasteiger partial charge in [0.2, 0.25) is 0 Å². The highest BCUT2D eigenvalue weighted by Crippen LogP contribution is 2.34. The minimum absolute atomic E-state index is 0.0656. The molecule has 0 saturated carbocycles. The molecule has 2 heterocycles. The highest BCUT2D eigenvalue weighted by Gasteiger charge is 2.30. The molecule has 4 aromatic rings. The summed E-state index contributed by atoms with van der Waals surface area (Å²) in [6, 6.07) is 16.5. The van der Waals surface area contributed by atoms with Crippen LogP contribution in [-0.2, 0) is 6.18 Å². The van der Waals surface area contributed by atoms with Gasteiger partial charge in [0.25, 0.3) is 0 Å². The van der Waals surface area contributed by atoms with Crippen LogP contribution in [0.15, 0.2) is 77.3 Å². The quantitative estimate of drug-likeness (QED) is 0.273. The number of aromatic nitrogens is 2. The monoisotopic (exact) mass is 446 g/mol. The first-order valence-corrected chi connectivity index (χ1v) is 10.0. The topological polar surface area (TPSA) is 42.2 Å². The molecule has 0 saturated heterocycles. The Balaban J connectivity index is 1.65. The lowest BCUT2D eigenvalue weighted by molar-refractivity contribution is -0.137. The summed E-state index contributed by atoms with van der Waals surface area (Å²) in [5, 5.41) is 10.8. The molecule has 0 atom stereocenters. The van der Waals surface area contributed by atoms with Gasteiger partial charge in [-0.25, -0.2) is 4.68 Å². The van der Waals surface area contributed by atoms with E-state index in [0.717, 1.165) is 28.4 Å². The summed E-state index contributed by atoms with van der Waals surface area (Å²) in [5.74, 6) is 0. The lowest BCUT2D eigenvalue weighted by Gasteiger charge is -2.09. The van der Waals surface area contributed by atoms with E-state index in [2.05, 4.69) is 15.6 Å². The van der Waals surface area contributed by atoms with Crippen molar-refractivity contribution in [2.75, 3.05) is 5.43 Å². The van der Waals surface area contributed by atoms with Crippen molar-refractivity contribution in [1.82, 2.24) is 9.78 Å². The van der Waals surface area contributed by atoms with Crippen LogP contribution in [0.5, 0.6) is 0 Å². The number of benzene rings is 2. The first kappa shape index (κ1) is 20.2. The van der Waals surface area contributed by atoms with Crippen LogP contribution in [-0.4, -0.2) is 16.0 Å². The van der Waals surface area contributed by atoms with Crippen LogP contribution >= 0.6 is 22.9 Å². The van der Waals surface area contributed by atoms with E-state index in [0.29, 0.717) is 5.56 Å². The standard InChI is InChI=1S/C21H14ClF3N4S/c22-17-9-8-15(21(23,24)25)11-18(17)27-26-12-14-13-29(16-5-2-1-3-6-16)28-20(14)19-7-4-10-30-19/h1-13,27H/b26-12+. The summed E-state index contributed by atoms with van der Waals surface area (Å²) in [5.41, 5.74) is 4.16. The molecule has 4 nitrogen and oxygen atoms in total. The van der Waals surface area contributed by atoms with Crippen LogP contribution in [0.4, 0.5) is 18.9 Å². The molecule has 0 fully saturated rings. The molecule has 4 rings (SSSR count). The predicted molar refractivity (Wildman–Crippen MR) is 115 cm³/mol. The largest absolute Gasteiger partial charge is 0.416 e. The van der Waals surface area contributed by atoms with Gasteiger partial charge in [0, 0.05) is 11.8 Å². The van der Waals surface area contributed by atoms with E-state index >= 15 is 0 Å². The second kappa shape index (κ2) is 8.33. The molecule has 0 aliphatic rings. The second-order valence-corrected chi connectivity index (χ2v) is 7.61. The van der Waals surface area contributed by atoms with Crippen molar-refractivity contribution in [2.45, 2.75) is 6.18 Å². The van der Waals surface area contributed by atoms with Crippen LogP contribution in [0.25, 0.3) is 16.3 Å². The first-order valence-electron chi connectivity index (χ1n) is 8.76. The van der Waals surface area contributed by atoms with Gasteiger partial charge in [-0.3, -0.25) is 5.43 Å². The number of hydrogen-bond acceptors (Lipinski definition) is 4. The van der Waals surface area contributed by atoms with Crippen LogP contribution in [0.2, 0.25) is 5.02 Å². The molecule has 0 aliphatic heterocycles. The van der Waals surface area contributed by atoms with Gasteiger partial charge >= 0.3 is 6.18 Å². The van der Waals surface area contributed by atoms with Gasteiger partial charge in [-0.15, -0.1) is 11.3 Å². The Morgan fingerprint density at radius 3 is 2.57 bits per heavy atom. The number of hydrogen-bond donors (Lipinski definition) is 1. The SMILES string of the molecule is FC(F)(F)c1ccc(Cl)c(N/N=C/c2cn(-c3ccccc3)nc2-c2cccs2)c1. The van der Waals surface area contributed by atoms with Gasteiger partial charge in [0.15, 0.2) is 0 Å². The van der Waals surface area contributed by atoms with E-state index in [1.54, 1.807) is 4.68 Å². The fourth-order valence-corrected chi connectivity index (χ4v) is 3.65. The molecule has 1 N–H and O–H groups in total. The first-order chi connectivity index (χ1) is 14.4. The number of thiophene rings is 1. The molecule has 0 radical (unpaired) electrons. The van der Waals surface area contributed by atoms with Crippen LogP contribution in [0.1, 0.15) is 11.1 Å². The van der Waals surface area contributed by atoms with Gasteiger partial charge in [0.1, 0.15) is 5.69 Å². The van der Waals surface area contributed by atoms with Crippen molar-refractivity contribution in [3.8, 4) is 16.3 Å². The maximum atomic E-state index is 12.9. The van der Waals surface area contributed by atoms with E-state index in [-0.39, 0.29) is 10.7 Å². The van der Waals surface area contributed by atoms with E-state index < -0.39 is 11.7 Å². The molecule has 30 heavy (non-hydrogen) atoms. The number of nitrogens with one attached hydrogen (secondary N) is 1. The third-order valence-electron chi connectivity index (χ3n) is 4.20. The van der Waals surface area contributed by atoms with Gasteiger partial charge in [0.05, 0.1) is 33.1 Å². The minimum atomic E-state index is -4.46. The van der Waals surface area contributed by atoms with Crippen molar-refractivity contribution in [1.29, 1.82) is 0 Å². The summed E-state index contributed by atoms with van der Waals surface area (Å²) in [6.07, 6.45) is -1.14. The smallest absolute Gasteiger partial charge is 0.277 e. The normalized spacial score (nSPS) is 11.9. The zero-order chi connectivity index (χ0) is 21.1. The summed E-state index contributed by atoms with van der Waals surface area (Å²) < 4.78 is 40.6. The average Bonchev–Trinajstić information content (AvgIpc) is 3.39. The van der Waals surface area contributed by atoms with Crippen molar-refractivity contribution < 1.29 is 13.2 Å². The van der Waals surface area contributed by atoms with E-state index in [4.69, 9.17) is 11.6 Å². The van der Waals surface area contributed by atoms with Gasteiger partial charge in [-0.1, -0.05) is 35.9 Å². The Bertz CT molecular complexity index is 1170. The Morgan fingerprint density at radius 2 is 1.87 bits per heavy atom. The lowest BCUT2D eigenvalue weighted by atomic mass is 10.2. The number of halogens is 4. The fraction of sp³-hybridized carbons (Fsp3) is 0.0476. The van der Waals surface area contributed by atoms with Crippen molar-refractivity contribution >= 4 is 34.8 Å². The minimum Gasteiger partial charge on any atom is -0.277 e. The van der Waals surface area contributed by atoms with Crippen molar-refractivity contribution in [2.24, 2.45) is 5.10 Å². The summed E-state index contributed by atoms with van der Waals surface area (Å²) in [7, 11) is 0. The highest BCUT2D eigenvalue weighted by molar-refractivity contribution is 7.13. The summed E-state index contributed by atoms with van der Waals surface area (Å²) in [6.45, 7) is 0. The summed E-state index contributed by atoms with van der Waals surface area (Å²) in [4.78, 5) is 0.947. The van der Waals surface area contributed by atoms with Crippen LogP contribution in [0, 0.1) is 0 Å². The van der Waals surface area contributed by atoms with Crippen LogP contribution in [0.3, 0.4) is 0 Å². The maximum absolute atomic E-state index is 12.9. The molecular weight excluding hydrogens is 433 g/mol. The van der Waals surface area contributed by atoms with E-state index in [1.165, 1.54) is 23.6 Å². The Labute approximate surface area is 179 Å². The molecule has 9 heteroatoms. The average molecular weight is 447 g/mol. The molecule has 0 amide bonds. The fourth-order valence-electron chi connectivity index (χ4n) is 2.76. The number of alkyl halides is 3. The second-order valence-electron chi connectivity index (χ2n) is 6.25. The molecule has 2 aromatic carbocycles. The number of para-hydroxylation sites is 1.